The van der Waals surface area contributed by atoms with Gasteiger partial charge >= 0.3 is 17.9 Å². The van der Waals surface area contributed by atoms with Crippen molar-refractivity contribution in [3.63, 3.8) is 0 Å². The number of aliphatic carboxylic acids is 1. The van der Waals surface area contributed by atoms with Crippen molar-refractivity contribution in [3.05, 3.63) is 0 Å². The van der Waals surface area contributed by atoms with Crippen molar-refractivity contribution in [3.8, 4) is 0 Å². The average Bonchev–Trinajstić information content (AvgIpc) is 2.79. The van der Waals surface area contributed by atoms with Crippen LogP contribution in [-0.2, 0) is 29.0 Å². The van der Waals surface area contributed by atoms with Gasteiger partial charge in [0.25, 0.3) is 0 Å². The van der Waals surface area contributed by atoms with E-state index < -0.39 is 30.0 Å². The number of carboxylic acids is 1. The fraction of sp³-hybridized carbons (Fsp3) is 0.600. The molecule has 1 aliphatic heterocycles. The number of rotatable bonds is 5. The molecule has 9 heteroatoms. The van der Waals surface area contributed by atoms with Gasteiger partial charge in [0.05, 0.1) is 0 Å². The molecule has 0 bridgehead atoms. The molecule has 0 radical (unpaired) electrons. The lowest BCUT2D eigenvalue weighted by atomic mass is 10.2. The van der Waals surface area contributed by atoms with E-state index in [0.29, 0.717) is 0 Å². The molecule has 0 spiro atoms. The number of hydrogen-bond acceptors (Lipinski definition) is 7. The summed E-state index contributed by atoms with van der Waals surface area (Å²) in [6.45, 7) is 0. The predicted octanol–water partition coefficient (Wildman–Crippen LogP) is -1.54. The summed E-state index contributed by atoms with van der Waals surface area (Å²) in [5.41, 5.74) is 5.33. The van der Waals surface area contributed by atoms with E-state index in [1.165, 1.54) is 0 Å². The second-order valence-electron chi connectivity index (χ2n) is 4.00. The number of nitrogens with two attached hydrogens (primary N) is 1. The highest BCUT2D eigenvalue weighted by molar-refractivity contribution is 5.88. The van der Waals surface area contributed by atoms with Crippen LogP contribution in [0.5, 0.6) is 0 Å². The molecule has 1 heterocycles. The quantitative estimate of drug-likeness (QED) is 0.404. The second kappa shape index (κ2) is 6.69. The molecule has 106 valence electrons. The largest absolute Gasteiger partial charge is 0.481 e. The summed E-state index contributed by atoms with van der Waals surface area (Å²) in [5, 5.41) is 10.7. The zero-order valence-electron chi connectivity index (χ0n) is 9.96. The van der Waals surface area contributed by atoms with Gasteiger partial charge in [0.2, 0.25) is 5.91 Å². The third kappa shape index (κ3) is 4.92. The van der Waals surface area contributed by atoms with Crippen LogP contribution in [0.4, 0.5) is 0 Å². The molecule has 0 aromatic rings. The van der Waals surface area contributed by atoms with Crippen LogP contribution in [0, 0.1) is 0 Å². The molecule has 1 aliphatic rings. The molecule has 0 aromatic heterocycles. The van der Waals surface area contributed by atoms with Gasteiger partial charge in [0.1, 0.15) is 12.1 Å². The van der Waals surface area contributed by atoms with Crippen molar-refractivity contribution in [1.29, 1.82) is 0 Å². The van der Waals surface area contributed by atoms with Crippen molar-refractivity contribution in [1.82, 2.24) is 5.32 Å². The number of nitrogens with one attached hydrogen (secondary N) is 1. The van der Waals surface area contributed by atoms with Crippen LogP contribution in [0.1, 0.15) is 25.7 Å². The zero-order chi connectivity index (χ0) is 14.4. The Balaban J connectivity index is 2.27. The Labute approximate surface area is 108 Å². The maximum atomic E-state index is 11.3. The predicted molar refractivity (Wildman–Crippen MR) is 58.2 cm³/mol. The van der Waals surface area contributed by atoms with Crippen molar-refractivity contribution >= 4 is 23.8 Å². The first-order chi connectivity index (χ1) is 8.90. The monoisotopic (exact) mass is 274 g/mol. The average molecular weight is 274 g/mol. The van der Waals surface area contributed by atoms with Gasteiger partial charge in [0.15, 0.2) is 0 Å². The minimum absolute atomic E-state index is 0.133. The first-order valence-electron chi connectivity index (χ1n) is 5.59. The van der Waals surface area contributed by atoms with Crippen molar-refractivity contribution in [2.75, 3.05) is 0 Å². The fourth-order valence-corrected chi connectivity index (χ4v) is 1.39. The van der Waals surface area contributed by atoms with E-state index in [0.717, 1.165) is 0 Å². The highest BCUT2D eigenvalue weighted by atomic mass is 17.2. The Morgan fingerprint density at radius 3 is 2.63 bits per heavy atom. The Bertz CT molecular complexity index is 395. The van der Waals surface area contributed by atoms with E-state index >= 15 is 0 Å². The fourth-order valence-electron chi connectivity index (χ4n) is 1.39. The Morgan fingerprint density at radius 1 is 1.42 bits per heavy atom. The maximum absolute atomic E-state index is 11.3. The van der Waals surface area contributed by atoms with Crippen LogP contribution < -0.4 is 11.1 Å². The van der Waals surface area contributed by atoms with E-state index in [-0.39, 0.29) is 31.6 Å². The lowest BCUT2D eigenvalue weighted by molar-refractivity contribution is -0.261. The number of amides is 1. The second-order valence-corrected chi connectivity index (χ2v) is 4.00. The zero-order valence-corrected chi connectivity index (χ0v) is 9.96. The van der Waals surface area contributed by atoms with Crippen LogP contribution >= 0.6 is 0 Å². The molecule has 1 fully saturated rings. The van der Waals surface area contributed by atoms with E-state index in [4.69, 9.17) is 10.8 Å². The van der Waals surface area contributed by atoms with Gasteiger partial charge in [-0.2, -0.15) is 0 Å². The molecule has 1 rings (SSSR count). The minimum atomic E-state index is -1.19. The molecule has 1 saturated heterocycles. The van der Waals surface area contributed by atoms with Gasteiger partial charge in [-0.15, -0.1) is 0 Å². The van der Waals surface area contributed by atoms with Crippen LogP contribution in [0.15, 0.2) is 0 Å². The summed E-state index contributed by atoms with van der Waals surface area (Å²) in [6, 6.07) is -2.03. The number of carboxylic acid groups (broad SMARTS) is 1. The summed E-state index contributed by atoms with van der Waals surface area (Å²) in [6.07, 6.45) is 0.0287. The first kappa shape index (κ1) is 14.9. The summed E-state index contributed by atoms with van der Waals surface area (Å²) in [4.78, 5) is 52.1. The summed E-state index contributed by atoms with van der Waals surface area (Å²) in [7, 11) is 0. The van der Waals surface area contributed by atoms with Crippen molar-refractivity contribution in [2.45, 2.75) is 37.8 Å². The molecule has 0 aliphatic carbocycles. The normalized spacial score (nSPS) is 19.4. The van der Waals surface area contributed by atoms with Crippen LogP contribution in [-0.4, -0.2) is 41.0 Å². The van der Waals surface area contributed by atoms with Crippen molar-refractivity contribution in [2.24, 2.45) is 5.73 Å². The SMILES string of the molecule is N[C@H](CCC(=O)O)C(=O)OOC(=O)C1CCC(=O)N1. The molecule has 2 atom stereocenters. The third-order valence-electron chi connectivity index (χ3n) is 2.46. The smallest absolute Gasteiger partial charge is 0.377 e. The van der Waals surface area contributed by atoms with Crippen molar-refractivity contribution < 1.29 is 34.1 Å². The Kier molecular flexibility index (Phi) is 5.24. The maximum Gasteiger partial charge on any atom is 0.377 e. The van der Waals surface area contributed by atoms with Gasteiger partial charge in [-0.3, -0.25) is 9.59 Å². The van der Waals surface area contributed by atoms with E-state index in [1.807, 2.05) is 0 Å². The molecule has 0 saturated carbocycles. The van der Waals surface area contributed by atoms with Gasteiger partial charge in [-0.05, 0) is 12.8 Å². The van der Waals surface area contributed by atoms with Gasteiger partial charge < -0.3 is 16.2 Å². The van der Waals surface area contributed by atoms with E-state index in [1.54, 1.807) is 0 Å². The highest BCUT2D eigenvalue weighted by Gasteiger charge is 2.30. The standard InChI is InChI=1S/C10H14N2O7/c11-5(1-4-8(14)15)9(16)18-19-10(17)6-2-3-7(13)12-6/h5-6H,1-4,11H2,(H,12,13)(H,14,15)/t5-,6?/m1/s1. The lowest BCUT2D eigenvalue weighted by Crippen LogP contribution is -2.37. The minimum Gasteiger partial charge on any atom is -0.481 e. The molecular weight excluding hydrogens is 260 g/mol. The first-order valence-corrected chi connectivity index (χ1v) is 5.59. The summed E-state index contributed by atoms with van der Waals surface area (Å²) in [5.74, 6) is -3.33. The van der Waals surface area contributed by atoms with Crippen LogP contribution in [0.2, 0.25) is 0 Å². The van der Waals surface area contributed by atoms with Crippen LogP contribution in [0.3, 0.4) is 0 Å². The van der Waals surface area contributed by atoms with E-state index in [2.05, 4.69) is 15.1 Å². The van der Waals surface area contributed by atoms with Gasteiger partial charge in [0, 0.05) is 12.8 Å². The van der Waals surface area contributed by atoms with Gasteiger partial charge in [-0.1, -0.05) is 0 Å². The molecule has 9 nitrogen and oxygen atoms in total. The summed E-state index contributed by atoms with van der Waals surface area (Å²) >= 11 is 0. The Hall–Kier alpha value is -2.16. The number of carbonyl (C=O) groups excluding carboxylic acids is 3. The molecule has 1 amide bonds. The lowest BCUT2D eigenvalue weighted by Gasteiger charge is -2.10. The molecule has 1 unspecified atom stereocenters. The molecule has 4 N–H and O–H groups in total. The molecule has 19 heavy (non-hydrogen) atoms. The highest BCUT2D eigenvalue weighted by Crippen LogP contribution is 2.08. The molecular formula is C10H14N2O7. The topological polar surface area (TPSA) is 145 Å². The van der Waals surface area contributed by atoms with Gasteiger partial charge in [-0.25, -0.2) is 19.4 Å². The molecule has 0 aromatic carbocycles. The Morgan fingerprint density at radius 2 is 2.11 bits per heavy atom. The third-order valence-corrected chi connectivity index (χ3v) is 2.46. The summed E-state index contributed by atoms with van der Waals surface area (Å²) < 4.78 is 0. The van der Waals surface area contributed by atoms with Crippen LogP contribution in [0.25, 0.3) is 0 Å². The van der Waals surface area contributed by atoms with E-state index in [9.17, 15) is 19.2 Å². The number of hydrogen-bond donors (Lipinski definition) is 3. The number of carbonyl (C=O) groups is 4.